The number of carbonyl (C=O) groups is 2. The van der Waals surface area contributed by atoms with E-state index in [0.29, 0.717) is 29.0 Å². The molecule has 1 heterocycles. The van der Waals surface area contributed by atoms with Gasteiger partial charge < -0.3 is 14.5 Å². The van der Waals surface area contributed by atoms with Crippen LogP contribution < -0.4 is 5.32 Å². The van der Waals surface area contributed by atoms with Crippen LogP contribution in [0.2, 0.25) is 0 Å². The van der Waals surface area contributed by atoms with E-state index in [-0.39, 0.29) is 17.1 Å². The maximum absolute atomic E-state index is 12.2. The number of nitrogens with zero attached hydrogens (tertiary/aromatic N) is 2. The monoisotopic (exact) mass is 439 g/mol. The highest BCUT2D eigenvalue weighted by Gasteiger charge is 2.15. The van der Waals surface area contributed by atoms with Crippen molar-refractivity contribution in [3.05, 3.63) is 59.7 Å². The van der Waals surface area contributed by atoms with Gasteiger partial charge in [0.1, 0.15) is 0 Å². The van der Waals surface area contributed by atoms with Crippen LogP contribution in [0.3, 0.4) is 0 Å². The minimum Gasteiger partial charge on any atom is -0.462 e. The number of benzene rings is 2. The lowest BCUT2D eigenvalue weighted by molar-refractivity contribution is -0.113. The van der Waals surface area contributed by atoms with Gasteiger partial charge in [-0.25, -0.2) is 4.79 Å². The summed E-state index contributed by atoms with van der Waals surface area (Å²) in [5, 5.41) is 11.2. The Balaban J connectivity index is 1.53. The highest BCUT2D eigenvalue weighted by molar-refractivity contribution is 7.99. The van der Waals surface area contributed by atoms with E-state index in [9.17, 15) is 9.59 Å². The molecule has 3 aromatic rings. The molecule has 0 aliphatic carbocycles. The van der Waals surface area contributed by atoms with Gasteiger partial charge in [-0.15, -0.1) is 10.2 Å². The van der Waals surface area contributed by atoms with E-state index in [4.69, 9.17) is 9.15 Å². The molecule has 0 saturated carbocycles. The maximum atomic E-state index is 12.2. The van der Waals surface area contributed by atoms with Gasteiger partial charge in [-0.05, 0) is 54.3 Å². The van der Waals surface area contributed by atoms with Crippen molar-refractivity contribution in [2.75, 3.05) is 17.7 Å². The van der Waals surface area contributed by atoms with Crippen LogP contribution >= 0.6 is 11.8 Å². The van der Waals surface area contributed by atoms with E-state index in [1.54, 1.807) is 31.2 Å². The number of hydrogen-bond donors (Lipinski definition) is 1. The second-order valence-electron chi connectivity index (χ2n) is 7.84. The van der Waals surface area contributed by atoms with E-state index in [1.807, 2.05) is 24.3 Å². The average Bonchev–Trinajstić information content (AvgIpc) is 3.21. The minimum atomic E-state index is -0.392. The van der Waals surface area contributed by atoms with Crippen LogP contribution in [0.4, 0.5) is 5.69 Å². The first kappa shape index (κ1) is 22.6. The van der Waals surface area contributed by atoms with Crippen LogP contribution in [-0.4, -0.2) is 34.4 Å². The largest absolute Gasteiger partial charge is 0.462 e. The molecule has 8 heteroatoms. The molecular weight excluding hydrogens is 414 g/mol. The smallest absolute Gasteiger partial charge is 0.338 e. The SMILES string of the molecule is CCOC(=O)c1ccc(NC(=O)CSc2nnc(-c3ccc(C(C)(C)C)cc3)o2)cc1. The van der Waals surface area contributed by atoms with Crippen molar-refractivity contribution in [3.63, 3.8) is 0 Å². The van der Waals surface area contributed by atoms with Crippen LogP contribution in [0.5, 0.6) is 0 Å². The predicted molar refractivity (Wildman–Crippen MR) is 120 cm³/mol. The highest BCUT2D eigenvalue weighted by Crippen LogP contribution is 2.27. The molecule has 1 N–H and O–H groups in total. The van der Waals surface area contributed by atoms with Gasteiger partial charge in [0.2, 0.25) is 11.8 Å². The van der Waals surface area contributed by atoms with Gasteiger partial charge >= 0.3 is 5.97 Å². The van der Waals surface area contributed by atoms with E-state index in [1.165, 1.54) is 5.56 Å². The number of thioether (sulfide) groups is 1. The lowest BCUT2D eigenvalue weighted by Crippen LogP contribution is -2.14. The number of ether oxygens (including phenoxy) is 1. The summed E-state index contributed by atoms with van der Waals surface area (Å²) in [6.07, 6.45) is 0. The molecule has 0 aliphatic heterocycles. The second kappa shape index (κ2) is 9.78. The van der Waals surface area contributed by atoms with Gasteiger partial charge in [0.05, 0.1) is 17.9 Å². The Hall–Kier alpha value is -3.13. The summed E-state index contributed by atoms with van der Waals surface area (Å²) in [5.74, 6) is -0.0817. The zero-order valence-electron chi connectivity index (χ0n) is 18.0. The Bertz CT molecular complexity index is 1040. The summed E-state index contributed by atoms with van der Waals surface area (Å²) in [5.41, 5.74) is 3.14. The molecule has 1 amide bonds. The Kier molecular flexibility index (Phi) is 7.12. The second-order valence-corrected chi connectivity index (χ2v) is 8.76. The molecule has 0 bridgehead atoms. The Morgan fingerprint density at radius 2 is 1.71 bits per heavy atom. The summed E-state index contributed by atoms with van der Waals surface area (Å²) in [6, 6.07) is 14.5. The molecule has 0 spiro atoms. The molecule has 3 rings (SSSR count). The van der Waals surface area contributed by atoms with Gasteiger partial charge in [0.15, 0.2) is 0 Å². The highest BCUT2D eigenvalue weighted by atomic mass is 32.2. The van der Waals surface area contributed by atoms with E-state index in [0.717, 1.165) is 17.3 Å². The number of hydrogen-bond acceptors (Lipinski definition) is 7. The van der Waals surface area contributed by atoms with Crippen LogP contribution in [0.1, 0.15) is 43.6 Å². The van der Waals surface area contributed by atoms with Gasteiger partial charge in [-0.2, -0.15) is 0 Å². The Morgan fingerprint density at radius 3 is 2.32 bits per heavy atom. The van der Waals surface area contributed by atoms with Gasteiger partial charge in [-0.3, -0.25) is 4.79 Å². The summed E-state index contributed by atoms with van der Waals surface area (Å²) in [4.78, 5) is 23.9. The molecule has 0 atom stereocenters. The van der Waals surface area contributed by atoms with Crippen LogP contribution in [-0.2, 0) is 14.9 Å². The van der Waals surface area contributed by atoms with Crippen molar-refractivity contribution < 1.29 is 18.7 Å². The van der Waals surface area contributed by atoms with Crippen molar-refractivity contribution >= 4 is 29.3 Å². The van der Waals surface area contributed by atoms with Crippen molar-refractivity contribution in [3.8, 4) is 11.5 Å². The van der Waals surface area contributed by atoms with E-state index in [2.05, 4.69) is 36.3 Å². The van der Waals surface area contributed by atoms with Gasteiger partial charge in [-0.1, -0.05) is 44.7 Å². The third-order valence-corrected chi connectivity index (χ3v) is 5.23. The van der Waals surface area contributed by atoms with Crippen LogP contribution in [0, 0.1) is 0 Å². The van der Waals surface area contributed by atoms with Crippen molar-refractivity contribution in [2.45, 2.75) is 38.3 Å². The zero-order chi connectivity index (χ0) is 22.4. The number of nitrogens with one attached hydrogen (secondary N) is 1. The number of anilines is 1. The summed E-state index contributed by atoms with van der Waals surface area (Å²) < 4.78 is 10.6. The topological polar surface area (TPSA) is 94.3 Å². The van der Waals surface area contributed by atoms with Gasteiger partial charge in [0, 0.05) is 11.3 Å². The third kappa shape index (κ3) is 6.18. The summed E-state index contributed by atoms with van der Waals surface area (Å²) in [6.45, 7) is 8.53. The van der Waals surface area contributed by atoms with Crippen molar-refractivity contribution in [2.24, 2.45) is 0 Å². The Morgan fingerprint density at radius 1 is 1.03 bits per heavy atom. The lowest BCUT2D eigenvalue weighted by atomic mass is 9.87. The molecule has 0 aliphatic rings. The van der Waals surface area contributed by atoms with Crippen LogP contribution in [0.25, 0.3) is 11.5 Å². The number of amides is 1. The Labute approximate surface area is 185 Å². The average molecular weight is 440 g/mol. The fourth-order valence-corrected chi connectivity index (χ4v) is 3.29. The molecule has 162 valence electrons. The number of rotatable bonds is 7. The fourth-order valence-electron chi connectivity index (χ4n) is 2.73. The number of esters is 1. The predicted octanol–water partition coefficient (Wildman–Crippen LogP) is 4.94. The molecule has 0 fully saturated rings. The summed E-state index contributed by atoms with van der Waals surface area (Å²) >= 11 is 1.16. The summed E-state index contributed by atoms with van der Waals surface area (Å²) in [7, 11) is 0. The normalized spacial score (nSPS) is 11.2. The molecule has 31 heavy (non-hydrogen) atoms. The van der Waals surface area contributed by atoms with Crippen molar-refractivity contribution in [1.29, 1.82) is 0 Å². The third-order valence-electron chi connectivity index (χ3n) is 4.41. The van der Waals surface area contributed by atoms with E-state index < -0.39 is 5.97 Å². The standard InChI is InChI=1S/C23H25N3O4S/c1-5-29-21(28)16-8-12-18(13-9-16)24-19(27)14-31-22-26-25-20(30-22)15-6-10-17(11-7-15)23(2,3)4/h6-13H,5,14H2,1-4H3,(H,24,27). The molecule has 0 radical (unpaired) electrons. The minimum absolute atomic E-state index is 0.0703. The van der Waals surface area contributed by atoms with Gasteiger partial charge in [0.25, 0.3) is 5.22 Å². The lowest BCUT2D eigenvalue weighted by Gasteiger charge is -2.18. The molecular formula is C23H25N3O4S. The van der Waals surface area contributed by atoms with Crippen LogP contribution in [0.15, 0.2) is 58.2 Å². The molecule has 2 aromatic carbocycles. The number of aromatic nitrogens is 2. The molecule has 0 unspecified atom stereocenters. The first-order valence-electron chi connectivity index (χ1n) is 9.90. The zero-order valence-corrected chi connectivity index (χ0v) is 18.8. The fraction of sp³-hybridized carbons (Fsp3) is 0.304. The molecule has 7 nitrogen and oxygen atoms in total. The number of carbonyl (C=O) groups excluding carboxylic acids is 2. The van der Waals surface area contributed by atoms with Crippen molar-refractivity contribution in [1.82, 2.24) is 10.2 Å². The first-order valence-corrected chi connectivity index (χ1v) is 10.9. The maximum Gasteiger partial charge on any atom is 0.338 e. The molecule has 0 saturated heterocycles. The first-order chi connectivity index (χ1) is 14.8. The quantitative estimate of drug-likeness (QED) is 0.411. The molecule has 1 aromatic heterocycles. The van der Waals surface area contributed by atoms with E-state index >= 15 is 0 Å².